The molecule has 1 N–H and O–H groups in total. The fourth-order valence-electron chi connectivity index (χ4n) is 4.33. The van der Waals surface area contributed by atoms with Crippen LogP contribution in [0, 0.1) is 0 Å². The average molecular weight is 443 g/mol. The van der Waals surface area contributed by atoms with Crippen LogP contribution in [0.2, 0.25) is 0 Å². The number of fused-ring (bicyclic) bond motifs is 2. The molecule has 3 aromatic carbocycles. The number of rotatable bonds is 9. The average Bonchev–Trinajstić information content (AvgIpc) is 2.82. The van der Waals surface area contributed by atoms with E-state index in [0.29, 0.717) is 19.6 Å². The summed E-state index contributed by atoms with van der Waals surface area (Å²) in [5.41, 5.74) is 7.56. The van der Waals surface area contributed by atoms with E-state index in [2.05, 4.69) is 54.6 Å². The van der Waals surface area contributed by atoms with Crippen molar-refractivity contribution >= 4 is 17.6 Å². The van der Waals surface area contributed by atoms with Crippen molar-refractivity contribution in [3.05, 3.63) is 101 Å². The highest BCUT2D eigenvalue weighted by atomic mass is 16.5. The van der Waals surface area contributed by atoms with Crippen molar-refractivity contribution in [1.82, 2.24) is 0 Å². The van der Waals surface area contributed by atoms with E-state index >= 15 is 0 Å². The lowest BCUT2D eigenvalue weighted by Crippen LogP contribution is -2.26. The van der Waals surface area contributed by atoms with E-state index in [1.807, 2.05) is 24.3 Å². The molecule has 0 spiro atoms. The molecule has 1 aliphatic rings. The zero-order valence-corrected chi connectivity index (χ0v) is 19.0. The number of hydrogen-bond donors (Lipinski definition) is 1. The zero-order valence-electron chi connectivity index (χ0n) is 19.0. The fourth-order valence-corrected chi connectivity index (χ4v) is 4.33. The van der Waals surface area contributed by atoms with Crippen LogP contribution in [0.25, 0.3) is 11.6 Å². The zero-order chi connectivity index (χ0) is 23.0. The third kappa shape index (κ3) is 5.91. The van der Waals surface area contributed by atoms with Gasteiger partial charge >= 0.3 is 5.97 Å². The molecule has 1 atom stereocenters. The predicted octanol–water partition coefficient (Wildman–Crippen LogP) is 5.83. The Bertz CT molecular complexity index is 1110. The highest BCUT2D eigenvalue weighted by molar-refractivity contribution is 5.84. The van der Waals surface area contributed by atoms with E-state index in [0.717, 1.165) is 30.6 Å². The summed E-state index contributed by atoms with van der Waals surface area (Å²) in [6, 6.07) is 24.9. The number of carbonyl (C=O) groups is 1. The van der Waals surface area contributed by atoms with Gasteiger partial charge in [0.15, 0.2) is 6.10 Å². The Labute approximate surface area is 195 Å². The summed E-state index contributed by atoms with van der Waals surface area (Å²) in [5.74, 6) is -0.159. The van der Waals surface area contributed by atoms with Gasteiger partial charge in [-0.1, -0.05) is 66.7 Å². The Balaban J connectivity index is 1.44. The lowest BCUT2D eigenvalue weighted by Gasteiger charge is -2.18. The van der Waals surface area contributed by atoms with E-state index in [4.69, 9.17) is 9.47 Å². The number of ether oxygens (including phenoxy) is 2. The topological polar surface area (TPSA) is 55.8 Å². The number of hydrogen-bond acceptors (Lipinski definition) is 3. The minimum absolute atomic E-state index is 0.340. The minimum Gasteiger partial charge on any atom is -0.493 e. The summed E-state index contributed by atoms with van der Waals surface area (Å²) >= 11 is 0. The van der Waals surface area contributed by atoms with Crippen LogP contribution in [0.4, 0.5) is 0 Å². The van der Waals surface area contributed by atoms with Crippen LogP contribution in [0.5, 0.6) is 5.75 Å². The molecule has 1 unspecified atom stereocenters. The lowest BCUT2D eigenvalue weighted by molar-refractivity contribution is -0.149. The second kappa shape index (κ2) is 11.0. The van der Waals surface area contributed by atoms with Crippen molar-refractivity contribution in [1.29, 1.82) is 0 Å². The van der Waals surface area contributed by atoms with Crippen LogP contribution in [0.1, 0.15) is 41.2 Å². The number of carboxylic acid groups (broad SMARTS) is 1. The van der Waals surface area contributed by atoms with Crippen LogP contribution >= 0.6 is 0 Å². The predicted molar refractivity (Wildman–Crippen MR) is 131 cm³/mol. The Morgan fingerprint density at radius 2 is 1.64 bits per heavy atom. The summed E-state index contributed by atoms with van der Waals surface area (Å²) in [4.78, 5) is 11.3. The molecule has 0 amide bonds. The SMILES string of the molecule is CCOC(Cc1ccc(OCCC2=Cc3ccccc3CCc3ccccc32)cc1)C(=O)O. The molecule has 170 valence electrons. The Morgan fingerprint density at radius 3 is 2.39 bits per heavy atom. The molecule has 0 fully saturated rings. The molecule has 3 aromatic rings. The summed E-state index contributed by atoms with van der Waals surface area (Å²) in [7, 11) is 0. The first-order valence-corrected chi connectivity index (χ1v) is 11.6. The quantitative estimate of drug-likeness (QED) is 0.453. The second-order valence-electron chi connectivity index (χ2n) is 8.25. The third-order valence-corrected chi connectivity index (χ3v) is 6.04. The molecule has 0 radical (unpaired) electrons. The molecule has 1 aliphatic carbocycles. The van der Waals surface area contributed by atoms with Crippen molar-refractivity contribution in [2.45, 2.75) is 38.7 Å². The Kier molecular flexibility index (Phi) is 7.59. The maximum absolute atomic E-state index is 11.3. The fraction of sp³-hybridized carbons (Fsp3) is 0.276. The third-order valence-electron chi connectivity index (χ3n) is 6.04. The van der Waals surface area contributed by atoms with Crippen LogP contribution < -0.4 is 4.74 Å². The number of carboxylic acids is 1. The highest BCUT2D eigenvalue weighted by Gasteiger charge is 2.18. The number of aliphatic carboxylic acids is 1. The minimum atomic E-state index is -0.938. The van der Waals surface area contributed by atoms with Gasteiger partial charge in [-0.2, -0.15) is 0 Å². The standard InChI is InChI=1S/C29H30O4/c1-2-32-28(29(30)31)19-21-11-15-26(16-12-21)33-18-17-25-20-24-9-4-3-7-22(24)13-14-23-8-5-6-10-27(23)25/h3-12,15-16,20,28H,2,13-14,17-19H2,1H3,(H,30,31). The van der Waals surface area contributed by atoms with Gasteiger partial charge in [-0.3, -0.25) is 0 Å². The maximum atomic E-state index is 11.3. The van der Waals surface area contributed by atoms with Crippen molar-refractivity contribution in [2.24, 2.45) is 0 Å². The van der Waals surface area contributed by atoms with Gasteiger partial charge < -0.3 is 14.6 Å². The van der Waals surface area contributed by atoms with E-state index in [-0.39, 0.29) is 0 Å². The van der Waals surface area contributed by atoms with Crippen LogP contribution in [-0.2, 0) is 28.8 Å². The van der Waals surface area contributed by atoms with Crippen molar-refractivity contribution < 1.29 is 19.4 Å². The van der Waals surface area contributed by atoms with Crippen LogP contribution in [0.3, 0.4) is 0 Å². The van der Waals surface area contributed by atoms with Gasteiger partial charge in [0.2, 0.25) is 0 Å². The van der Waals surface area contributed by atoms with Crippen molar-refractivity contribution in [2.75, 3.05) is 13.2 Å². The number of benzene rings is 3. The van der Waals surface area contributed by atoms with Gasteiger partial charge in [0, 0.05) is 19.4 Å². The number of aryl methyl sites for hydroxylation is 2. The molecule has 33 heavy (non-hydrogen) atoms. The smallest absolute Gasteiger partial charge is 0.333 e. The van der Waals surface area contributed by atoms with E-state index in [1.165, 1.54) is 27.8 Å². The van der Waals surface area contributed by atoms with Crippen molar-refractivity contribution in [3.8, 4) is 5.75 Å². The van der Waals surface area contributed by atoms with Gasteiger partial charge in [-0.25, -0.2) is 4.79 Å². The normalized spacial score (nSPS) is 13.7. The first-order chi connectivity index (χ1) is 16.1. The maximum Gasteiger partial charge on any atom is 0.333 e. The molecule has 4 nitrogen and oxygen atoms in total. The molecule has 0 saturated carbocycles. The van der Waals surface area contributed by atoms with Gasteiger partial charge in [-0.05, 0) is 65.3 Å². The second-order valence-corrected chi connectivity index (χ2v) is 8.25. The Morgan fingerprint density at radius 1 is 0.939 bits per heavy atom. The lowest BCUT2D eigenvalue weighted by atomic mass is 9.88. The van der Waals surface area contributed by atoms with Crippen molar-refractivity contribution in [3.63, 3.8) is 0 Å². The molecule has 0 bridgehead atoms. The largest absolute Gasteiger partial charge is 0.493 e. The van der Waals surface area contributed by atoms with Crippen LogP contribution in [-0.4, -0.2) is 30.4 Å². The molecule has 4 rings (SSSR count). The molecule has 4 heteroatoms. The molecule has 0 aliphatic heterocycles. The highest BCUT2D eigenvalue weighted by Crippen LogP contribution is 2.30. The first kappa shape index (κ1) is 22.8. The van der Waals surface area contributed by atoms with Gasteiger partial charge in [0.1, 0.15) is 5.75 Å². The summed E-state index contributed by atoms with van der Waals surface area (Å²) in [6.07, 6.45) is 4.71. The Hall–Kier alpha value is -3.37. The molecular weight excluding hydrogens is 412 g/mol. The van der Waals surface area contributed by atoms with Gasteiger partial charge in [-0.15, -0.1) is 0 Å². The molecular formula is C29H30O4. The first-order valence-electron chi connectivity index (χ1n) is 11.6. The molecule has 0 aromatic heterocycles. The molecule has 0 heterocycles. The summed E-state index contributed by atoms with van der Waals surface area (Å²) in [5, 5.41) is 9.27. The monoisotopic (exact) mass is 442 g/mol. The van der Waals surface area contributed by atoms with E-state index in [1.54, 1.807) is 6.92 Å². The van der Waals surface area contributed by atoms with Gasteiger partial charge in [0.25, 0.3) is 0 Å². The van der Waals surface area contributed by atoms with Gasteiger partial charge in [0.05, 0.1) is 6.61 Å². The summed E-state index contributed by atoms with van der Waals surface area (Å²) in [6.45, 7) is 2.75. The van der Waals surface area contributed by atoms with E-state index < -0.39 is 12.1 Å². The molecule has 0 saturated heterocycles. The van der Waals surface area contributed by atoms with Crippen LogP contribution in [0.15, 0.2) is 72.8 Å². The van der Waals surface area contributed by atoms with E-state index in [9.17, 15) is 9.90 Å². The summed E-state index contributed by atoms with van der Waals surface area (Å²) < 4.78 is 11.4.